The quantitative estimate of drug-likeness (QED) is 0.819. The van der Waals surface area contributed by atoms with Crippen molar-refractivity contribution in [3.8, 4) is 0 Å². The summed E-state index contributed by atoms with van der Waals surface area (Å²) >= 11 is 0. The van der Waals surface area contributed by atoms with E-state index in [9.17, 15) is 0 Å². The van der Waals surface area contributed by atoms with Gasteiger partial charge >= 0.3 is 0 Å². The predicted octanol–water partition coefficient (Wildman–Crippen LogP) is 3.61. The molecule has 0 saturated heterocycles. The fourth-order valence-corrected chi connectivity index (χ4v) is 2.76. The van der Waals surface area contributed by atoms with Gasteiger partial charge < -0.3 is 5.73 Å². The van der Waals surface area contributed by atoms with Crippen molar-refractivity contribution in [2.24, 2.45) is 11.1 Å². The molecule has 2 N–H and O–H groups in total. The summed E-state index contributed by atoms with van der Waals surface area (Å²) in [5.74, 6) is 0. The predicted molar refractivity (Wildman–Crippen MR) is 70.0 cm³/mol. The van der Waals surface area contributed by atoms with E-state index in [4.69, 9.17) is 5.73 Å². The van der Waals surface area contributed by atoms with Crippen LogP contribution in [0.4, 0.5) is 0 Å². The Labute approximate surface area is 98.4 Å². The van der Waals surface area contributed by atoms with Gasteiger partial charge in [-0.2, -0.15) is 0 Å². The lowest BCUT2D eigenvalue weighted by Crippen LogP contribution is -2.28. The summed E-state index contributed by atoms with van der Waals surface area (Å²) in [6, 6.07) is 10.5. The lowest BCUT2D eigenvalue weighted by atomic mass is 9.78. The smallest absolute Gasteiger partial charge is 0.00350 e. The van der Waals surface area contributed by atoms with Crippen LogP contribution in [-0.2, 0) is 0 Å². The third-order valence-corrected chi connectivity index (χ3v) is 3.97. The fraction of sp³-hybridized carbons (Fsp3) is 0.467. The van der Waals surface area contributed by atoms with E-state index < -0.39 is 0 Å². The van der Waals surface area contributed by atoms with Crippen molar-refractivity contribution < 1.29 is 0 Å². The molecule has 16 heavy (non-hydrogen) atoms. The Kier molecular flexibility index (Phi) is 3.45. The van der Waals surface area contributed by atoms with Gasteiger partial charge in [0, 0.05) is 12.0 Å². The number of hydrogen-bond donors (Lipinski definition) is 1. The highest BCUT2D eigenvalue weighted by molar-refractivity contribution is 5.54. The van der Waals surface area contributed by atoms with Crippen LogP contribution in [0.1, 0.15) is 38.2 Å². The van der Waals surface area contributed by atoms with E-state index in [0.717, 1.165) is 6.54 Å². The van der Waals surface area contributed by atoms with E-state index in [-0.39, 0.29) is 5.41 Å². The van der Waals surface area contributed by atoms with Crippen molar-refractivity contribution in [3.05, 3.63) is 41.5 Å². The second kappa shape index (κ2) is 4.84. The molecule has 1 aliphatic carbocycles. The molecule has 0 bridgehead atoms. The van der Waals surface area contributed by atoms with Gasteiger partial charge in [-0.1, -0.05) is 54.8 Å². The summed E-state index contributed by atoms with van der Waals surface area (Å²) in [6.07, 6.45) is 7.49. The zero-order valence-corrected chi connectivity index (χ0v) is 10.1. The van der Waals surface area contributed by atoms with Crippen molar-refractivity contribution in [3.63, 3.8) is 0 Å². The first-order valence-electron chi connectivity index (χ1n) is 6.21. The maximum atomic E-state index is 5.98. The van der Waals surface area contributed by atoms with Crippen LogP contribution >= 0.6 is 0 Å². The van der Waals surface area contributed by atoms with E-state index in [1.165, 1.54) is 36.8 Å². The first-order valence-corrected chi connectivity index (χ1v) is 6.21. The molecule has 1 nitrogen and oxygen atoms in total. The standard InChI is InChI=1S/C15H21N/c1-13(11-14-7-3-2-4-8-14)15(12-16)9-5-6-10-15/h2-4,7-8,11H,5-6,9-10,12,16H2,1H3/b13-11+. The van der Waals surface area contributed by atoms with Crippen LogP contribution in [0, 0.1) is 5.41 Å². The van der Waals surface area contributed by atoms with E-state index >= 15 is 0 Å². The molecule has 86 valence electrons. The van der Waals surface area contributed by atoms with Gasteiger partial charge in [-0.15, -0.1) is 0 Å². The molecule has 0 unspecified atom stereocenters. The zero-order chi connectivity index (χ0) is 11.4. The van der Waals surface area contributed by atoms with Gasteiger partial charge in [-0.05, 0) is 25.3 Å². The molecule has 0 radical (unpaired) electrons. The molecule has 0 aromatic heterocycles. The summed E-state index contributed by atoms with van der Waals surface area (Å²) in [6.45, 7) is 3.04. The van der Waals surface area contributed by atoms with Gasteiger partial charge in [-0.3, -0.25) is 0 Å². The van der Waals surface area contributed by atoms with E-state index in [1.807, 2.05) is 0 Å². The first-order chi connectivity index (χ1) is 7.77. The average Bonchev–Trinajstić information content (AvgIpc) is 2.80. The molecule has 1 heteroatoms. The van der Waals surface area contributed by atoms with Crippen molar-refractivity contribution in [2.45, 2.75) is 32.6 Å². The van der Waals surface area contributed by atoms with Gasteiger partial charge in [0.05, 0.1) is 0 Å². The molecule has 1 aromatic rings. The van der Waals surface area contributed by atoms with Gasteiger partial charge in [-0.25, -0.2) is 0 Å². The molecular weight excluding hydrogens is 194 g/mol. The number of hydrogen-bond acceptors (Lipinski definition) is 1. The summed E-state index contributed by atoms with van der Waals surface area (Å²) in [7, 11) is 0. The largest absolute Gasteiger partial charge is 0.330 e. The minimum absolute atomic E-state index is 0.288. The van der Waals surface area contributed by atoms with Crippen molar-refractivity contribution in [1.82, 2.24) is 0 Å². The van der Waals surface area contributed by atoms with Gasteiger partial charge in [0.2, 0.25) is 0 Å². The van der Waals surface area contributed by atoms with Gasteiger partial charge in [0.25, 0.3) is 0 Å². The van der Waals surface area contributed by atoms with Crippen LogP contribution in [0.3, 0.4) is 0 Å². The maximum absolute atomic E-state index is 5.98. The average molecular weight is 215 g/mol. The lowest BCUT2D eigenvalue weighted by Gasteiger charge is -2.28. The Morgan fingerprint density at radius 1 is 1.25 bits per heavy atom. The second-order valence-corrected chi connectivity index (χ2v) is 4.93. The second-order valence-electron chi connectivity index (χ2n) is 4.93. The van der Waals surface area contributed by atoms with Crippen LogP contribution in [0.25, 0.3) is 6.08 Å². The number of rotatable bonds is 3. The number of benzene rings is 1. The third kappa shape index (κ3) is 2.19. The SMILES string of the molecule is C/C(=C\c1ccccc1)C1(CN)CCCC1. The highest BCUT2D eigenvalue weighted by Gasteiger charge is 2.33. The third-order valence-electron chi connectivity index (χ3n) is 3.97. The molecule has 1 fully saturated rings. The summed E-state index contributed by atoms with van der Waals surface area (Å²) < 4.78 is 0. The minimum atomic E-state index is 0.288. The molecule has 2 rings (SSSR count). The normalized spacial score (nSPS) is 20.0. The van der Waals surface area contributed by atoms with Crippen LogP contribution in [0.2, 0.25) is 0 Å². The number of nitrogens with two attached hydrogens (primary N) is 1. The Hall–Kier alpha value is -1.08. The molecule has 0 spiro atoms. The van der Waals surface area contributed by atoms with Crippen molar-refractivity contribution >= 4 is 6.08 Å². The highest BCUT2D eigenvalue weighted by Crippen LogP contribution is 2.43. The first kappa shape index (κ1) is 11.4. The lowest BCUT2D eigenvalue weighted by molar-refractivity contribution is 0.383. The zero-order valence-electron chi connectivity index (χ0n) is 10.1. The Bertz CT molecular complexity index is 358. The van der Waals surface area contributed by atoms with Crippen LogP contribution in [0.15, 0.2) is 35.9 Å². The van der Waals surface area contributed by atoms with Crippen molar-refractivity contribution in [2.75, 3.05) is 6.54 Å². The van der Waals surface area contributed by atoms with E-state index in [1.54, 1.807) is 0 Å². The van der Waals surface area contributed by atoms with Gasteiger partial charge in [0.1, 0.15) is 0 Å². The maximum Gasteiger partial charge on any atom is 0.00350 e. The van der Waals surface area contributed by atoms with Gasteiger partial charge in [0.15, 0.2) is 0 Å². The van der Waals surface area contributed by atoms with E-state index in [2.05, 4.69) is 43.3 Å². The minimum Gasteiger partial charge on any atom is -0.330 e. The highest BCUT2D eigenvalue weighted by atomic mass is 14.6. The molecule has 0 amide bonds. The Morgan fingerprint density at radius 2 is 1.88 bits per heavy atom. The van der Waals surface area contributed by atoms with Crippen LogP contribution in [0.5, 0.6) is 0 Å². The fourth-order valence-electron chi connectivity index (χ4n) is 2.76. The molecular formula is C15H21N. The van der Waals surface area contributed by atoms with Crippen LogP contribution < -0.4 is 5.73 Å². The molecule has 1 saturated carbocycles. The molecule has 0 atom stereocenters. The Morgan fingerprint density at radius 3 is 2.44 bits per heavy atom. The molecule has 0 heterocycles. The summed E-state index contributed by atoms with van der Waals surface area (Å²) in [5, 5.41) is 0. The topological polar surface area (TPSA) is 26.0 Å². The van der Waals surface area contributed by atoms with Crippen molar-refractivity contribution in [1.29, 1.82) is 0 Å². The summed E-state index contributed by atoms with van der Waals surface area (Å²) in [4.78, 5) is 0. The molecule has 1 aliphatic rings. The molecule has 1 aromatic carbocycles. The Balaban J connectivity index is 2.23. The summed E-state index contributed by atoms with van der Waals surface area (Å²) in [5.41, 5.74) is 9.02. The molecule has 0 aliphatic heterocycles. The van der Waals surface area contributed by atoms with E-state index in [0.29, 0.717) is 0 Å². The van der Waals surface area contributed by atoms with Crippen LogP contribution in [-0.4, -0.2) is 6.54 Å². The monoisotopic (exact) mass is 215 g/mol.